The molecule has 0 aromatic carbocycles. The Morgan fingerprint density at radius 1 is 0.355 bits per heavy atom. The molecule has 0 radical (unpaired) electrons. The van der Waals surface area contributed by atoms with Gasteiger partial charge in [0.05, 0.1) is 0 Å². The molecule has 31 heavy (non-hydrogen) atoms. The van der Waals surface area contributed by atoms with Crippen LogP contribution in [0.25, 0.3) is 0 Å². The molecule has 0 aromatic rings. The standard InChI is InChI=1S/C3H15NO18P6.3H3N/c5-23(6,7)1(24(8,9)10)4(2(25(11,12)13)26(14,15)16)3(27(17,18)19)28(20,21)22;;;/h1-3H,(H2,5,6,7)(H2,8,9,10)(H2,11,12,13)(H2,14,15,16)(H2,17,18,19)(H2,20,21,22);3*1H3. The number of hydrogen-bond donors (Lipinski definition) is 15. The van der Waals surface area contributed by atoms with Gasteiger partial charge < -0.3 is 77.2 Å². The Morgan fingerprint density at radius 3 is 0.516 bits per heavy atom. The third kappa shape index (κ3) is 10.7. The molecule has 0 bridgehead atoms. The van der Waals surface area contributed by atoms with E-state index in [9.17, 15) is 27.4 Å². The molecule has 0 saturated heterocycles. The summed E-state index contributed by atoms with van der Waals surface area (Å²) in [7, 11) is -39.3. The van der Waals surface area contributed by atoms with Crippen LogP contribution in [0.4, 0.5) is 0 Å². The monoisotopic (exact) mass is 590 g/mol. The first-order valence-electron chi connectivity index (χ1n) is 5.82. The van der Waals surface area contributed by atoms with Crippen molar-refractivity contribution in [1.82, 2.24) is 23.4 Å². The minimum Gasteiger partial charge on any atom is -0.344 e. The highest BCUT2D eigenvalue weighted by molar-refractivity contribution is 7.74. The lowest BCUT2D eigenvalue weighted by Crippen LogP contribution is -2.48. The fourth-order valence-electron chi connectivity index (χ4n) is 1.99. The smallest absolute Gasteiger partial charge is 0.344 e. The molecule has 194 valence electrons. The van der Waals surface area contributed by atoms with E-state index in [1.807, 2.05) is 0 Å². The fraction of sp³-hybridized carbons (Fsp3) is 1.00. The van der Waals surface area contributed by atoms with Crippen LogP contribution >= 0.6 is 45.6 Å². The van der Waals surface area contributed by atoms with E-state index in [2.05, 4.69) is 0 Å². The number of nitrogens with zero attached hydrogens (tertiary/aromatic N) is 1. The van der Waals surface area contributed by atoms with Crippen LogP contribution in [0.5, 0.6) is 0 Å². The Hall–Kier alpha value is 0.740. The predicted molar refractivity (Wildman–Crippen MR) is 101 cm³/mol. The molecule has 0 spiro atoms. The number of rotatable bonds is 9. The second-order valence-corrected chi connectivity index (χ2v) is 16.2. The Kier molecular flexibility index (Phi) is 14.4. The molecule has 0 heterocycles. The topological polar surface area (TPSA) is 453 Å². The molecule has 0 saturated carbocycles. The van der Waals surface area contributed by atoms with Crippen molar-refractivity contribution in [2.45, 2.75) is 16.6 Å². The molecule has 22 nitrogen and oxygen atoms in total. The van der Waals surface area contributed by atoms with Crippen molar-refractivity contribution in [2.24, 2.45) is 0 Å². The van der Waals surface area contributed by atoms with Gasteiger partial charge in [0.1, 0.15) is 0 Å². The highest BCUT2D eigenvalue weighted by Crippen LogP contribution is 2.74. The van der Waals surface area contributed by atoms with E-state index >= 15 is 0 Å². The third-order valence-corrected chi connectivity index (χ3v) is 13.2. The van der Waals surface area contributed by atoms with Gasteiger partial charge in [-0.15, -0.1) is 0 Å². The second-order valence-electron chi connectivity index (χ2n) is 5.02. The van der Waals surface area contributed by atoms with E-state index in [4.69, 9.17) is 58.7 Å². The van der Waals surface area contributed by atoms with Crippen LogP contribution in [0.15, 0.2) is 0 Å². The van der Waals surface area contributed by atoms with Gasteiger partial charge in [-0.2, -0.15) is 0 Å². The average molecular weight is 590 g/mol. The molecule has 0 aliphatic rings. The van der Waals surface area contributed by atoms with E-state index in [0.717, 1.165) is 0 Å². The van der Waals surface area contributed by atoms with Crippen LogP contribution in [-0.4, -0.2) is 80.2 Å². The van der Waals surface area contributed by atoms with Crippen LogP contribution in [0.3, 0.4) is 0 Å². The zero-order chi connectivity index (χ0) is 23.3. The quantitative estimate of drug-likeness (QED) is 0.125. The highest BCUT2D eigenvalue weighted by Gasteiger charge is 2.66. The van der Waals surface area contributed by atoms with Crippen molar-refractivity contribution >= 4 is 45.6 Å². The van der Waals surface area contributed by atoms with Crippen molar-refractivity contribution in [3.05, 3.63) is 0 Å². The van der Waals surface area contributed by atoms with Gasteiger partial charge in [-0.25, -0.2) is 4.90 Å². The van der Waals surface area contributed by atoms with Crippen LogP contribution in [0.1, 0.15) is 0 Å². The lowest BCUT2D eigenvalue weighted by Gasteiger charge is -2.41. The molecule has 0 amide bonds. The largest absolute Gasteiger partial charge is 0.355 e. The molecular formula is C3H24N4O18P6. The zero-order valence-corrected chi connectivity index (χ0v) is 20.2. The lowest BCUT2D eigenvalue weighted by molar-refractivity contribution is 0.184. The average Bonchev–Trinajstić information content (AvgIpc) is 2.13. The minimum atomic E-state index is -6.55. The van der Waals surface area contributed by atoms with Crippen LogP contribution in [-0.2, 0) is 27.4 Å². The molecule has 0 rings (SSSR count). The molecule has 0 unspecified atom stereocenters. The van der Waals surface area contributed by atoms with Crippen molar-refractivity contribution in [1.29, 1.82) is 0 Å². The molecule has 21 N–H and O–H groups in total. The Balaban J connectivity index is -0.00000121. The summed E-state index contributed by atoms with van der Waals surface area (Å²) in [5.74, 6) is 0. The van der Waals surface area contributed by atoms with Crippen LogP contribution < -0.4 is 18.5 Å². The maximum atomic E-state index is 11.5. The molecule has 28 heteroatoms. The van der Waals surface area contributed by atoms with Gasteiger partial charge in [0.15, 0.2) is 0 Å². The molecule has 0 aliphatic carbocycles. The van der Waals surface area contributed by atoms with Crippen LogP contribution in [0, 0.1) is 0 Å². The first-order valence-corrected chi connectivity index (χ1v) is 15.9. The molecule has 0 fully saturated rings. The SMILES string of the molecule is N.N.N.O=P(O)(O)C(N(C(P(=O)(O)O)P(=O)(O)O)C(P(=O)(O)O)P(=O)(O)O)P(=O)(O)O. The summed E-state index contributed by atoms with van der Waals surface area (Å²) in [5, 5.41) is 0. The first kappa shape index (κ1) is 39.0. The number of hydrogen-bond acceptors (Lipinski definition) is 10. The van der Waals surface area contributed by atoms with Crippen molar-refractivity contribution in [2.75, 3.05) is 0 Å². The van der Waals surface area contributed by atoms with E-state index in [-0.39, 0.29) is 18.5 Å². The van der Waals surface area contributed by atoms with E-state index in [1.165, 1.54) is 0 Å². The van der Waals surface area contributed by atoms with E-state index < -0.39 is 67.0 Å². The molecular weight excluding hydrogens is 566 g/mol. The summed E-state index contributed by atoms with van der Waals surface area (Å²) in [5.41, 5.74) is -12.5. The third-order valence-electron chi connectivity index (χ3n) is 2.61. The van der Waals surface area contributed by atoms with E-state index in [1.54, 1.807) is 0 Å². The Labute approximate surface area is 172 Å². The van der Waals surface area contributed by atoms with Crippen molar-refractivity contribution in [3.8, 4) is 0 Å². The van der Waals surface area contributed by atoms with Gasteiger partial charge in [-0.1, -0.05) is 0 Å². The normalized spacial score (nSPS) is 14.3. The lowest BCUT2D eigenvalue weighted by atomic mass is 10.9. The summed E-state index contributed by atoms with van der Waals surface area (Å²) in [6.07, 6.45) is 0. The maximum Gasteiger partial charge on any atom is 0.355 e. The summed E-state index contributed by atoms with van der Waals surface area (Å²) in [4.78, 5) is 108. The van der Waals surface area contributed by atoms with Gasteiger partial charge in [-0.05, 0) is 0 Å². The fourth-order valence-corrected chi connectivity index (χ4v) is 11.6. The first-order chi connectivity index (χ1) is 11.7. The van der Waals surface area contributed by atoms with E-state index in [0.29, 0.717) is 0 Å². The van der Waals surface area contributed by atoms with Crippen LogP contribution in [0.2, 0.25) is 0 Å². The van der Waals surface area contributed by atoms with Gasteiger partial charge in [-0.3, -0.25) is 27.4 Å². The summed E-state index contributed by atoms with van der Waals surface area (Å²) in [6, 6.07) is 0. The zero-order valence-electron chi connectivity index (χ0n) is 14.8. The van der Waals surface area contributed by atoms with Crippen molar-refractivity contribution in [3.63, 3.8) is 0 Å². The highest BCUT2D eigenvalue weighted by atomic mass is 31.3. The van der Waals surface area contributed by atoms with Gasteiger partial charge >= 0.3 is 45.6 Å². The molecule has 0 atom stereocenters. The summed E-state index contributed by atoms with van der Waals surface area (Å²) < 4.78 is 68.9. The van der Waals surface area contributed by atoms with Gasteiger partial charge in [0.25, 0.3) is 0 Å². The Bertz CT molecular complexity index is 687. The Morgan fingerprint density at radius 2 is 0.452 bits per heavy atom. The molecule has 0 aromatic heterocycles. The van der Waals surface area contributed by atoms with Gasteiger partial charge in [0, 0.05) is 0 Å². The summed E-state index contributed by atoms with van der Waals surface area (Å²) >= 11 is 0. The van der Waals surface area contributed by atoms with Gasteiger partial charge in [0.2, 0.25) is 16.6 Å². The summed E-state index contributed by atoms with van der Waals surface area (Å²) in [6.45, 7) is 0. The second kappa shape index (κ2) is 11.4. The predicted octanol–water partition coefficient (Wildman–Crippen LogP) is -2.31. The molecule has 0 aliphatic heterocycles. The minimum absolute atomic E-state index is 0. The maximum absolute atomic E-state index is 11.5. The van der Waals surface area contributed by atoms with Crippen molar-refractivity contribution < 1.29 is 86.1 Å².